The van der Waals surface area contributed by atoms with Crippen molar-refractivity contribution in [3.8, 4) is 5.75 Å². The van der Waals surface area contributed by atoms with Gasteiger partial charge in [0, 0.05) is 25.8 Å². The van der Waals surface area contributed by atoms with Crippen LogP contribution < -0.4 is 4.74 Å². The van der Waals surface area contributed by atoms with Crippen molar-refractivity contribution in [2.45, 2.75) is 32.4 Å². The minimum Gasteiger partial charge on any atom is -0.494 e. The Labute approximate surface area is 146 Å². The fraction of sp³-hybridized carbons (Fsp3) is 0.444. The van der Waals surface area contributed by atoms with Crippen LogP contribution >= 0.6 is 0 Å². The molecule has 1 aromatic heterocycles. The second kappa shape index (κ2) is 6.84. The monoisotopic (exact) mass is 347 g/mol. The Morgan fingerprint density at radius 1 is 1.36 bits per heavy atom. The number of nitrogens with one attached hydrogen (secondary N) is 1. The van der Waals surface area contributed by atoms with E-state index in [0.717, 1.165) is 11.4 Å². The first-order valence-corrected chi connectivity index (χ1v) is 8.15. The summed E-state index contributed by atoms with van der Waals surface area (Å²) in [4.78, 5) is 22.4. The first-order valence-electron chi connectivity index (χ1n) is 8.15. The quantitative estimate of drug-likeness (QED) is 0.923. The van der Waals surface area contributed by atoms with Crippen LogP contribution in [0.4, 0.5) is 4.39 Å². The Morgan fingerprint density at radius 3 is 2.72 bits per heavy atom. The highest BCUT2D eigenvalue weighted by Crippen LogP contribution is 2.34. The molecule has 2 atom stereocenters. The van der Waals surface area contributed by atoms with Crippen LogP contribution in [-0.2, 0) is 4.74 Å². The molecule has 1 N–H and O–H groups in total. The lowest BCUT2D eigenvalue weighted by Crippen LogP contribution is -2.33. The number of nitrogens with zero attached hydrogens (tertiary/aromatic N) is 2. The first kappa shape index (κ1) is 17.4. The van der Waals surface area contributed by atoms with Crippen LogP contribution in [0.3, 0.4) is 0 Å². The standard InChI is InChI=1S/C18H22FN3O3/c1-10-11(2)21-17(20-10)14-8-12(24-3)9-22(14)18(23)13-6-5-7-15(25-4)16(13)19/h5-7,12,14H,8-9H2,1-4H3,(H,20,21)/t12-,14+/m1/s1. The Balaban J connectivity index is 1.96. The summed E-state index contributed by atoms with van der Waals surface area (Å²) in [5.74, 6) is -0.296. The number of rotatable bonds is 4. The fourth-order valence-electron chi connectivity index (χ4n) is 3.17. The number of imidazole rings is 1. The number of hydrogen-bond donors (Lipinski definition) is 1. The Kier molecular flexibility index (Phi) is 4.76. The van der Waals surface area contributed by atoms with E-state index in [1.807, 2.05) is 13.8 Å². The predicted octanol–water partition coefficient (Wildman–Crippen LogP) is 2.78. The summed E-state index contributed by atoms with van der Waals surface area (Å²) in [6.45, 7) is 4.23. The molecule has 0 aliphatic carbocycles. The maximum atomic E-state index is 14.5. The number of carbonyl (C=O) groups excluding carboxylic acids is 1. The van der Waals surface area contributed by atoms with E-state index in [4.69, 9.17) is 9.47 Å². The summed E-state index contributed by atoms with van der Waals surface area (Å²) in [7, 11) is 2.99. The van der Waals surface area contributed by atoms with Crippen LogP contribution in [0.5, 0.6) is 5.75 Å². The van der Waals surface area contributed by atoms with Crippen molar-refractivity contribution in [3.05, 3.63) is 46.8 Å². The summed E-state index contributed by atoms with van der Waals surface area (Å²) in [6.07, 6.45) is 0.494. The van der Waals surface area contributed by atoms with Crippen LogP contribution in [0, 0.1) is 19.7 Å². The predicted molar refractivity (Wildman–Crippen MR) is 90.2 cm³/mol. The van der Waals surface area contributed by atoms with E-state index >= 15 is 0 Å². The number of aromatic amines is 1. The Morgan fingerprint density at radius 2 is 2.12 bits per heavy atom. The molecule has 25 heavy (non-hydrogen) atoms. The lowest BCUT2D eigenvalue weighted by atomic mass is 10.1. The van der Waals surface area contributed by atoms with Gasteiger partial charge >= 0.3 is 0 Å². The number of methoxy groups -OCH3 is 2. The second-order valence-corrected chi connectivity index (χ2v) is 6.22. The smallest absolute Gasteiger partial charge is 0.257 e. The van der Waals surface area contributed by atoms with E-state index in [0.29, 0.717) is 18.8 Å². The molecule has 3 rings (SSSR count). The highest BCUT2D eigenvalue weighted by molar-refractivity contribution is 5.95. The number of ether oxygens (including phenoxy) is 2. The van der Waals surface area contributed by atoms with Gasteiger partial charge in [-0.3, -0.25) is 4.79 Å². The number of H-pyrrole nitrogens is 1. The molecule has 0 unspecified atom stereocenters. The number of hydrogen-bond acceptors (Lipinski definition) is 4. The highest BCUT2D eigenvalue weighted by atomic mass is 19.1. The molecule has 1 saturated heterocycles. The number of aryl methyl sites for hydroxylation is 2. The maximum Gasteiger partial charge on any atom is 0.257 e. The minimum atomic E-state index is -0.651. The number of amides is 1. The van der Waals surface area contributed by atoms with E-state index in [9.17, 15) is 9.18 Å². The lowest BCUT2D eigenvalue weighted by Gasteiger charge is -2.23. The summed E-state index contributed by atoms with van der Waals surface area (Å²) in [6, 6.07) is 4.28. The van der Waals surface area contributed by atoms with Gasteiger partial charge in [-0.2, -0.15) is 0 Å². The lowest BCUT2D eigenvalue weighted by molar-refractivity contribution is 0.0679. The van der Waals surface area contributed by atoms with Crippen LogP contribution in [0.2, 0.25) is 0 Å². The molecule has 2 aromatic rings. The first-order chi connectivity index (χ1) is 12.0. The molecule has 2 heterocycles. The maximum absolute atomic E-state index is 14.5. The largest absolute Gasteiger partial charge is 0.494 e. The van der Waals surface area contributed by atoms with Crippen molar-refractivity contribution in [1.29, 1.82) is 0 Å². The summed E-state index contributed by atoms with van der Waals surface area (Å²) < 4.78 is 24.9. The molecule has 1 amide bonds. The molecule has 0 radical (unpaired) electrons. The summed E-state index contributed by atoms with van der Waals surface area (Å²) in [5, 5.41) is 0. The van der Waals surface area contributed by atoms with Crippen molar-refractivity contribution in [2.75, 3.05) is 20.8 Å². The van der Waals surface area contributed by atoms with Gasteiger partial charge in [-0.25, -0.2) is 9.37 Å². The molecule has 0 bridgehead atoms. The normalized spacial score (nSPS) is 20.1. The molecular formula is C18H22FN3O3. The number of aromatic nitrogens is 2. The van der Waals surface area contributed by atoms with Crippen LogP contribution in [0.1, 0.15) is 40.0 Å². The number of benzene rings is 1. The summed E-state index contributed by atoms with van der Waals surface area (Å²) >= 11 is 0. The van der Waals surface area contributed by atoms with Crippen molar-refractivity contribution >= 4 is 5.91 Å². The molecule has 0 spiro atoms. The molecule has 7 heteroatoms. The van der Waals surface area contributed by atoms with Gasteiger partial charge in [-0.1, -0.05) is 6.07 Å². The van der Waals surface area contributed by atoms with Gasteiger partial charge in [0.25, 0.3) is 5.91 Å². The van der Waals surface area contributed by atoms with Crippen LogP contribution in [0.25, 0.3) is 0 Å². The topological polar surface area (TPSA) is 67.4 Å². The number of carbonyl (C=O) groups is 1. The van der Waals surface area contributed by atoms with Crippen molar-refractivity contribution < 1.29 is 18.7 Å². The van der Waals surface area contributed by atoms with Gasteiger partial charge in [-0.05, 0) is 26.0 Å². The van der Waals surface area contributed by atoms with Gasteiger partial charge in [0.1, 0.15) is 5.82 Å². The second-order valence-electron chi connectivity index (χ2n) is 6.22. The molecule has 0 saturated carbocycles. The fourth-order valence-corrected chi connectivity index (χ4v) is 3.17. The molecule has 6 nitrogen and oxygen atoms in total. The van der Waals surface area contributed by atoms with Crippen LogP contribution in [-0.4, -0.2) is 47.6 Å². The Bertz CT molecular complexity index is 770. The molecular weight excluding hydrogens is 325 g/mol. The average Bonchev–Trinajstić information content (AvgIpc) is 3.18. The van der Waals surface area contributed by atoms with E-state index in [-0.39, 0.29) is 23.5 Å². The average molecular weight is 347 g/mol. The van der Waals surface area contributed by atoms with Gasteiger partial charge < -0.3 is 19.4 Å². The highest BCUT2D eigenvalue weighted by Gasteiger charge is 2.39. The zero-order valence-corrected chi connectivity index (χ0v) is 14.8. The van der Waals surface area contributed by atoms with E-state index in [1.165, 1.54) is 19.2 Å². The van der Waals surface area contributed by atoms with E-state index in [2.05, 4.69) is 9.97 Å². The molecule has 1 fully saturated rings. The van der Waals surface area contributed by atoms with Gasteiger partial charge in [0.15, 0.2) is 11.6 Å². The number of likely N-dealkylation sites (tertiary alicyclic amines) is 1. The summed E-state index contributed by atoms with van der Waals surface area (Å²) in [5.41, 5.74) is 1.83. The van der Waals surface area contributed by atoms with Gasteiger partial charge in [0.05, 0.1) is 30.5 Å². The SMILES string of the molecule is COc1cccc(C(=O)N2C[C@H](OC)C[C@H]2c2nc(C)c(C)[nH]2)c1F. The zero-order chi connectivity index (χ0) is 18.1. The van der Waals surface area contributed by atoms with Gasteiger partial charge in [-0.15, -0.1) is 0 Å². The number of halogens is 1. The molecule has 1 aliphatic heterocycles. The third-order valence-corrected chi connectivity index (χ3v) is 4.73. The van der Waals surface area contributed by atoms with E-state index in [1.54, 1.807) is 18.1 Å². The third kappa shape index (κ3) is 3.11. The van der Waals surface area contributed by atoms with Crippen molar-refractivity contribution in [2.24, 2.45) is 0 Å². The molecule has 1 aromatic carbocycles. The molecule has 134 valence electrons. The Hall–Kier alpha value is -2.41. The van der Waals surface area contributed by atoms with Crippen molar-refractivity contribution in [1.82, 2.24) is 14.9 Å². The van der Waals surface area contributed by atoms with Crippen LogP contribution in [0.15, 0.2) is 18.2 Å². The zero-order valence-electron chi connectivity index (χ0n) is 14.8. The van der Waals surface area contributed by atoms with E-state index < -0.39 is 11.7 Å². The van der Waals surface area contributed by atoms with Crippen molar-refractivity contribution in [3.63, 3.8) is 0 Å². The molecule has 1 aliphatic rings. The third-order valence-electron chi connectivity index (χ3n) is 4.73. The van der Waals surface area contributed by atoms with Gasteiger partial charge in [0.2, 0.25) is 0 Å². The minimum absolute atomic E-state index is 0.0129.